The lowest BCUT2D eigenvalue weighted by Crippen LogP contribution is -2.21. The second-order valence-corrected chi connectivity index (χ2v) is 3.67. The monoisotopic (exact) mass is 266 g/mol. The molecule has 1 aromatic rings. The molecule has 0 bridgehead atoms. The number of esters is 2. The Morgan fingerprint density at radius 3 is 2.21 bits per heavy atom. The van der Waals surface area contributed by atoms with Gasteiger partial charge in [0.2, 0.25) is 5.91 Å². The third-order valence-electron chi connectivity index (χ3n) is 1.92. The Hall–Kier alpha value is -2.57. The normalized spacial score (nSPS) is 9.58. The number of primary amides is 1. The first-order valence-corrected chi connectivity index (χ1v) is 5.41. The summed E-state index contributed by atoms with van der Waals surface area (Å²) < 4.78 is 9.81. The molecule has 0 spiro atoms. The number of hydrogen-bond acceptors (Lipinski definition) is 6. The zero-order chi connectivity index (χ0) is 14.4. The molecule has 1 amide bonds. The number of nitrogens with two attached hydrogens (primary N) is 1. The number of carbonyl (C=O) groups excluding carboxylic acids is 3. The van der Waals surface area contributed by atoms with Gasteiger partial charge in [-0.25, -0.2) is 0 Å². The topological polar surface area (TPSA) is 108 Å². The quantitative estimate of drug-likeness (QED) is 0.591. The Balaban J connectivity index is 2.96. The van der Waals surface area contributed by atoms with Crippen molar-refractivity contribution in [2.75, 3.05) is 11.9 Å². The van der Waals surface area contributed by atoms with Crippen LogP contribution in [0.4, 0.5) is 5.69 Å². The first-order valence-electron chi connectivity index (χ1n) is 5.41. The van der Waals surface area contributed by atoms with Crippen LogP contribution in [-0.2, 0) is 14.4 Å². The molecule has 0 unspecified atom stereocenters. The van der Waals surface area contributed by atoms with Gasteiger partial charge in [0.05, 0.1) is 6.54 Å². The molecular weight excluding hydrogens is 252 g/mol. The van der Waals surface area contributed by atoms with Crippen LogP contribution in [0.2, 0.25) is 0 Å². The Morgan fingerprint density at radius 2 is 1.68 bits per heavy atom. The van der Waals surface area contributed by atoms with Crippen molar-refractivity contribution in [3.63, 3.8) is 0 Å². The van der Waals surface area contributed by atoms with Crippen LogP contribution in [0.25, 0.3) is 0 Å². The lowest BCUT2D eigenvalue weighted by molar-refractivity contribution is -0.134. The van der Waals surface area contributed by atoms with E-state index in [0.717, 1.165) is 0 Å². The van der Waals surface area contributed by atoms with Gasteiger partial charge in [0.1, 0.15) is 0 Å². The summed E-state index contributed by atoms with van der Waals surface area (Å²) in [5.41, 5.74) is 5.50. The summed E-state index contributed by atoms with van der Waals surface area (Å²) in [4.78, 5) is 32.5. The van der Waals surface area contributed by atoms with Gasteiger partial charge in [-0.15, -0.1) is 0 Å². The van der Waals surface area contributed by atoms with E-state index in [0.29, 0.717) is 5.69 Å². The SMILES string of the molecule is CC(=O)Oc1ccc(NCC(N)=O)cc1OC(C)=O. The number of nitrogens with one attached hydrogen (secondary N) is 1. The summed E-state index contributed by atoms with van der Waals surface area (Å²) in [5, 5.41) is 2.73. The number of hydrogen-bond donors (Lipinski definition) is 2. The van der Waals surface area contributed by atoms with E-state index in [1.165, 1.54) is 26.0 Å². The number of rotatable bonds is 5. The molecule has 102 valence electrons. The van der Waals surface area contributed by atoms with Crippen molar-refractivity contribution in [3.8, 4) is 11.5 Å². The number of ether oxygens (including phenoxy) is 2. The molecule has 1 rings (SSSR count). The van der Waals surface area contributed by atoms with Gasteiger partial charge >= 0.3 is 11.9 Å². The van der Waals surface area contributed by atoms with Gasteiger partial charge in [0, 0.05) is 25.6 Å². The highest BCUT2D eigenvalue weighted by molar-refractivity contribution is 5.79. The van der Waals surface area contributed by atoms with Crippen LogP contribution >= 0.6 is 0 Å². The van der Waals surface area contributed by atoms with Crippen molar-refractivity contribution in [1.82, 2.24) is 0 Å². The third kappa shape index (κ3) is 5.07. The summed E-state index contributed by atoms with van der Waals surface area (Å²) in [6.07, 6.45) is 0. The molecular formula is C12H14N2O5. The largest absolute Gasteiger partial charge is 0.423 e. The third-order valence-corrected chi connectivity index (χ3v) is 1.92. The molecule has 0 fully saturated rings. The fraction of sp³-hybridized carbons (Fsp3) is 0.250. The van der Waals surface area contributed by atoms with Gasteiger partial charge in [-0.3, -0.25) is 14.4 Å². The van der Waals surface area contributed by atoms with Crippen LogP contribution in [0.3, 0.4) is 0 Å². The van der Waals surface area contributed by atoms with Crippen LogP contribution in [-0.4, -0.2) is 24.4 Å². The first-order chi connectivity index (χ1) is 8.88. The Bertz CT molecular complexity index is 513. The minimum Gasteiger partial charge on any atom is -0.423 e. The maximum absolute atomic E-state index is 11.0. The lowest BCUT2D eigenvalue weighted by atomic mass is 10.2. The minimum atomic E-state index is -0.555. The summed E-state index contributed by atoms with van der Waals surface area (Å²) in [6.45, 7) is 2.39. The zero-order valence-electron chi connectivity index (χ0n) is 10.6. The van der Waals surface area contributed by atoms with Crippen molar-refractivity contribution >= 4 is 23.5 Å². The Morgan fingerprint density at radius 1 is 1.11 bits per heavy atom. The van der Waals surface area contributed by atoms with Crippen molar-refractivity contribution in [2.45, 2.75) is 13.8 Å². The van der Waals surface area contributed by atoms with E-state index in [4.69, 9.17) is 15.2 Å². The fourth-order valence-electron chi connectivity index (χ4n) is 1.28. The van der Waals surface area contributed by atoms with Crippen molar-refractivity contribution in [3.05, 3.63) is 18.2 Å². The van der Waals surface area contributed by atoms with Gasteiger partial charge < -0.3 is 20.5 Å². The predicted molar refractivity (Wildman–Crippen MR) is 66.7 cm³/mol. The molecule has 0 heterocycles. The van der Waals surface area contributed by atoms with Gasteiger partial charge in [0.25, 0.3) is 0 Å². The standard InChI is InChI=1S/C12H14N2O5/c1-7(15)18-10-4-3-9(14-6-12(13)17)5-11(10)19-8(2)16/h3-5,14H,6H2,1-2H3,(H2,13,17). The number of amides is 1. The molecule has 7 heteroatoms. The Labute approximate surface area is 109 Å². The second kappa shape index (κ2) is 6.39. The molecule has 0 saturated carbocycles. The van der Waals surface area contributed by atoms with Gasteiger partial charge in [-0.2, -0.15) is 0 Å². The van der Waals surface area contributed by atoms with E-state index < -0.39 is 17.8 Å². The number of anilines is 1. The van der Waals surface area contributed by atoms with Gasteiger partial charge in [-0.1, -0.05) is 0 Å². The van der Waals surface area contributed by atoms with Crippen LogP contribution in [0.15, 0.2) is 18.2 Å². The minimum absolute atomic E-state index is 0.0631. The van der Waals surface area contributed by atoms with Gasteiger partial charge in [0.15, 0.2) is 11.5 Å². The van der Waals surface area contributed by atoms with E-state index in [1.54, 1.807) is 6.07 Å². The molecule has 7 nitrogen and oxygen atoms in total. The van der Waals surface area contributed by atoms with E-state index in [9.17, 15) is 14.4 Å². The molecule has 19 heavy (non-hydrogen) atoms. The number of carbonyl (C=O) groups is 3. The molecule has 0 radical (unpaired) electrons. The molecule has 0 aliphatic rings. The van der Waals surface area contributed by atoms with Crippen molar-refractivity contribution in [2.24, 2.45) is 5.73 Å². The zero-order valence-corrected chi connectivity index (χ0v) is 10.6. The lowest BCUT2D eigenvalue weighted by Gasteiger charge is -2.11. The van der Waals surface area contributed by atoms with Crippen LogP contribution in [0, 0.1) is 0 Å². The highest BCUT2D eigenvalue weighted by Crippen LogP contribution is 2.30. The average Bonchev–Trinajstić information content (AvgIpc) is 2.28. The maximum atomic E-state index is 11.0. The predicted octanol–water partition coefficient (Wildman–Crippen LogP) is 0.434. The van der Waals surface area contributed by atoms with Crippen LogP contribution in [0.1, 0.15) is 13.8 Å². The maximum Gasteiger partial charge on any atom is 0.308 e. The summed E-state index contributed by atoms with van der Waals surface area (Å²) in [7, 11) is 0. The van der Waals surface area contributed by atoms with E-state index >= 15 is 0 Å². The highest BCUT2D eigenvalue weighted by atomic mass is 16.6. The highest BCUT2D eigenvalue weighted by Gasteiger charge is 2.11. The smallest absolute Gasteiger partial charge is 0.308 e. The van der Waals surface area contributed by atoms with Crippen LogP contribution < -0.4 is 20.5 Å². The average molecular weight is 266 g/mol. The van der Waals surface area contributed by atoms with Crippen molar-refractivity contribution < 1.29 is 23.9 Å². The molecule has 0 aromatic heterocycles. The van der Waals surface area contributed by atoms with Gasteiger partial charge in [-0.05, 0) is 12.1 Å². The van der Waals surface area contributed by atoms with E-state index in [2.05, 4.69) is 5.32 Å². The van der Waals surface area contributed by atoms with E-state index in [-0.39, 0.29) is 18.0 Å². The fourth-order valence-corrected chi connectivity index (χ4v) is 1.28. The number of benzene rings is 1. The molecule has 1 aromatic carbocycles. The van der Waals surface area contributed by atoms with Crippen LogP contribution in [0.5, 0.6) is 11.5 Å². The Kier molecular flexibility index (Phi) is 4.87. The first kappa shape index (κ1) is 14.5. The molecule has 0 aliphatic carbocycles. The summed E-state index contributed by atoms with van der Waals surface area (Å²) >= 11 is 0. The molecule has 0 atom stereocenters. The van der Waals surface area contributed by atoms with Crippen molar-refractivity contribution in [1.29, 1.82) is 0 Å². The second-order valence-electron chi connectivity index (χ2n) is 3.67. The summed E-state index contributed by atoms with van der Waals surface area (Å²) in [6, 6.07) is 4.44. The molecule has 0 aliphatic heterocycles. The molecule has 3 N–H and O–H groups in total. The molecule has 0 saturated heterocycles. The summed E-state index contributed by atoms with van der Waals surface area (Å²) in [5.74, 6) is -1.42. The van der Waals surface area contributed by atoms with E-state index in [1.807, 2.05) is 0 Å².